The van der Waals surface area contributed by atoms with Crippen molar-refractivity contribution in [1.82, 2.24) is 14.8 Å². The summed E-state index contributed by atoms with van der Waals surface area (Å²) >= 11 is 0. The average Bonchev–Trinajstić information content (AvgIpc) is 3.39. The number of Topliss-reactive ketones (excluding diaryl/α,β-unsaturated/α-hetero) is 1. The summed E-state index contributed by atoms with van der Waals surface area (Å²) in [6.07, 6.45) is 3.81. The Morgan fingerprint density at radius 2 is 1.67 bits per heavy atom. The number of ketones is 1. The van der Waals surface area contributed by atoms with Gasteiger partial charge >= 0.3 is 0 Å². The predicted octanol–water partition coefficient (Wildman–Crippen LogP) is 6.62. The molecule has 0 atom stereocenters. The average molecular weight is 504 g/mol. The van der Waals surface area contributed by atoms with Crippen molar-refractivity contribution in [2.24, 2.45) is 0 Å². The minimum Gasteiger partial charge on any atom is -0.303 e. The second kappa shape index (κ2) is 10.9. The van der Waals surface area contributed by atoms with Gasteiger partial charge in [0.1, 0.15) is 5.82 Å². The first-order valence-electron chi connectivity index (χ1n) is 13.5. The Morgan fingerprint density at radius 3 is 2.39 bits per heavy atom. The van der Waals surface area contributed by atoms with Crippen molar-refractivity contribution in [1.29, 1.82) is 0 Å². The maximum atomic E-state index is 14.1. The van der Waals surface area contributed by atoms with Gasteiger partial charge in [0.15, 0.2) is 5.78 Å². The van der Waals surface area contributed by atoms with E-state index in [4.69, 9.17) is 4.98 Å². The number of nitrogens with zero attached hydrogens (tertiary/aromatic N) is 3. The van der Waals surface area contributed by atoms with Gasteiger partial charge in [-0.3, -0.25) is 9.69 Å². The van der Waals surface area contributed by atoms with E-state index >= 15 is 0 Å². The van der Waals surface area contributed by atoms with E-state index in [0.29, 0.717) is 22.9 Å². The summed E-state index contributed by atoms with van der Waals surface area (Å²) in [7, 11) is -0.962. The van der Waals surface area contributed by atoms with E-state index in [1.54, 1.807) is 6.07 Å². The molecule has 0 unspecified atom stereocenters. The highest BCUT2D eigenvalue weighted by Gasteiger charge is 2.27. The van der Waals surface area contributed by atoms with Crippen LogP contribution in [-0.4, -0.2) is 61.4 Å². The molecule has 5 rings (SSSR count). The molecule has 0 saturated carbocycles. The first-order chi connectivity index (χ1) is 17.4. The van der Waals surface area contributed by atoms with Crippen LogP contribution in [0.3, 0.4) is 0 Å². The van der Waals surface area contributed by atoms with Crippen molar-refractivity contribution < 1.29 is 9.18 Å². The van der Waals surface area contributed by atoms with Gasteiger partial charge in [0.05, 0.1) is 11.2 Å². The van der Waals surface area contributed by atoms with Gasteiger partial charge in [-0.25, -0.2) is 9.37 Å². The second-order valence-electron chi connectivity index (χ2n) is 11.4. The highest BCUT2D eigenvalue weighted by Crippen LogP contribution is 2.28. The van der Waals surface area contributed by atoms with Crippen LogP contribution < -0.4 is 0 Å². The molecule has 2 aliphatic rings. The van der Waals surface area contributed by atoms with Crippen LogP contribution in [-0.2, 0) is 6.54 Å². The van der Waals surface area contributed by atoms with E-state index in [2.05, 4.69) is 47.2 Å². The molecule has 0 N–H and O–H groups in total. The van der Waals surface area contributed by atoms with Crippen LogP contribution in [0.15, 0.2) is 48.5 Å². The number of fused-ring (bicyclic) bond motifs is 1. The van der Waals surface area contributed by atoms with Gasteiger partial charge in [-0.2, -0.15) is 0 Å². The van der Waals surface area contributed by atoms with Crippen LogP contribution in [0, 0.1) is 5.82 Å². The molecule has 2 saturated heterocycles. The van der Waals surface area contributed by atoms with Gasteiger partial charge in [0.2, 0.25) is 0 Å². The standard InChI is InChI=1S/C30H38FN3OSi/c1-36(2)18-16-34(17-19-36)22-23-7-9-24(10-8-23)29-21-27(26-20-25(31)11-12-28(26)32-29)30(35)6-5-15-33-13-3-4-14-33/h7-12,20-21H,3-6,13-19,22H2,1-2H3. The molecule has 36 heavy (non-hydrogen) atoms. The van der Waals surface area contributed by atoms with Gasteiger partial charge in [-0.05, 0) is 93.9 Å². The predicted molar refractivity (Wildman–Crippen MR) is 149 cm³/mol. The van der Waals surface area contributed by atoms with E-state index in [-0.39, 0.29) is 11.6 Å². The Kier molecular flexibility index (Phi) is 7.65. The van der Waals surface area contributed by atoms with Gasteiger partial charge in [-0.1, -0.05) is 37.4 Å². The minimum atomic E-state index is -0.962. The molecular formula is C30H38FN3OSi. The molecule has 2 fully saturated rings. The first kappa shape index (κ1) is 25.2. The largest absolute Gasteiger partial charge is 0.303 e. The van der Waals surface area contributed by atoms with Crippen molar-refractivity contribution >= 4 is 24.8 Å². The lowest BCUT2D eigenvalue weighted by atomic mass is 9.98. The summed E-state index contributed by atoms with van der Waals surface area (Å²) < 4.78 is 14.1. The van der Waals surface area contributed by atoms with Crippen LogP contribution in [0.5, 0.6) is 0 Å². The third-order valence-corrected chi connectivity index (χ3v) is 11.2. The summed E-state index contributed by atoms with van der Waals surface area (Å²) in [5.41, 5.74) is 4.32. The summed E-state index contributed by atoms with van der Waals surface area (Å²) in [5, 5.41) is 0.609. The molecule has 0 aliphatic carbocycles. The Labute approximate surface area is 215 Å². The van der Waals surface area contributed by atoms with Gasteiger partial charge in [-0.15, -0.1) is 0 Å². The molecule has 4 nitrogen and oxygen atoms in total. The van der Waals surface area contributed by atoms with Gasteiger partial charge < -0.3 is 4.90 Å². The molecule has 190 valence electrons. The van der Waals surface area contributed by atoms with Crippen LogP contribution >= 0.6 is 0 Å². The minimum absolute atomic E-state index is 0.0710. The van der Waals surface area contributed by atoms with Crippen molar-refractivity contribution in [3.05, 3.63) is 65.5 Å². The number of likely N-dealkylation sites (tertiary alicyclic amines) is 1. The lowest BCUT2D eigenvalue weighted by Gasteiger charge is -2.35. The number of hydrogen-bond acceptors (Lipinski definition) is 4. The fourth-order valence-electron chi connectivity index (χ4n) is 5.54. The fraction of sp³-hybridized carbons (Fsp3) is 0.467. The Morgan fingerprint density at radius 1 is 0.944 bits per heavy atom. The highest BCUT2D eigenvalue weighted by atomic mass is 28.3. The van der Waals surface area contributed by atoms with E-state index in [9.17, 15) is 9.18 Å². The number of pyridine rings is 1. The fourth-order valence-corrected chi connectivity index (χ4v) is 7.63. The molecule has 2 aliphatic heterocycles. The molecule has 2 aromatic carbocycles. The first-order valence-corrected chi connectivity index (χ1v) is 17.0. The maximum Gasteiger partial charge on any atom is 0.163 e. The zero-order valence-corrected chi connectivity index (χ0v) is 22.7. The number of carbonyl (C=O) groups is 1. The number of rotatable bonds is 8. The van der Waals surface area contributed by atoms with Gasteiger partial charge in [0.25, 0.3) is 0 Å². The number of halogens is 1. The molecule has 0 bridgehead atoms. The SMILES string of the molecule is C[Si]1(C)CCN(Cc2ccc(-c3cc(C(=O)CCCN4CCCC4)c4cc(F)ccc4n3)cc2)CC1. The molecule has 1 aromatic heterocycles. The lowest BCUT2D eigenvalue weighted by molar-refractivity contribution is 0.0977. The number of carbonyl (C=O) groups excluding carboxylic acids is 1. The molecule has 0 amide bonds. The Hall–Kier alpha value is -2.41. The van der Waals surface area contributed by atoms with Crippen molar-refractivity contribution in [2.45, 2.75) is 57.4 Å². The molecule has 3 heterocycles. The third kappa shape index (κ3) is 6.10. The van der Waals surface area contributed by atoms with Crippen molar-refractivity contribution in [3.8, 4) is 11.3 Å². The van der Waals surface area contributed by atoms with E-state index in [0.717, 1.165) is 43.9 Å². The molecule has 0 radical (unpaired) electrons. The quantitative estimate of drug-likeness (QED) is 0.256. The third-order valence-electron chi connectivity index (χ3n) is 8.01. The summed E-state index contributed by atoms with van der Waals surface area (Å²) in [6.45, 7) is 11.6. The smallest absolute Gasteiger partial charge is 0.163 e. The second-order valence-corrected chi connectivity index (χ2v) is 16.8. The molecular weight excluding hydrogens is 465 g/mol. The van der Waals surface area contributed by atoms with E-state index < -0.39 is 8.07 Å². The highest BCUT2D eigenvalue weighted by molar-refractivity contribution is 6.77. The van der Waals surface area contributed by atoms with Crippen LogP contribution in [0.2, 0.25) is 25.2 Å². The van der Waals surface area contributed by atoms with Crippen LogP contribution in [0.4, 0.5) is 4.39 Å². The van der Waals surface area contributed by atoms with E-state index in [1.165, 1.54) is 55.7 Å². The van der Waals surface area contributed by atoms with E-state index in [1.807, 2.05) is 6.07 Å². The summed E-state index contributed by atoms with van der Waals surface area (Å²) in [6, 6.07) is 17.8. The Bertz CT molecular complexity index is 1210. The number of benzene rings is 2. The van der Waals surface area contributed by atoms with Gasteiger partial charge in [0, 0.05) is 37.6 Å². The van der Waals surface area contributed by atoms with Crippen molar-refractivity contribution in [3.63, 3.8) is 0 Å². The molecule has 3 aromatic rings. The monoisotopic (exact) mass is 503 g/mol. The molecule has 6 heteroatoms. The zero-order chi connectivity index (χ0) is 25.1. The van der Waals surface area contributed by atoms with Crippen LogP contribution in [0.25, 0.3) is 22.2 Å². The maximum absolute atomic E-state index is 14.1. The summed E-state index contributed by atoms with van der Waals surface area (Å²) in [5.74, 6) is -0.266. The van der Waals surface area contributed by atoms with Crippen LogP contribution in [0.1, 0.15) is 41.6 Å². The van der Waals surface area contributed by atoms with Crippen molar-refractivity contribution in [2.75, 3.05) is 32.7 Å². The molecule has 0 spiro atoms. The topological polar surface area (TPSA) is 36.4 Å². The number of hydrogen-bond donors (Lipinski definition) is 0. The lowest BCUT2D eigenvalue weighted by Crippen LogP contribution is -2.42. The summed E-state index contributed by atoms with van der Waals surface area (Å²) in [4.78, 5) is 23.1. The number of aromatic nitrogens is 1. The Balaban J connectivity index is 1.33. The zero-order valence-electron chi connectivity index (χ0n) is 21.7. The normalized spacial score (nSPS) is 18.6.